The molecule has 0 fully saturated rings. The molecule has 0 aliphatic heterocycles. The number of rotatable bonds is 7. The van der Waals surface area contributed by atoms with E-state index >= 15 is 0 Å². The summed E-state index contributed by atoms with van der Waals surface area (Å²) >= 11 is 0. The molecule has 0 radical (unpaired) electrons. The van der Waals surface area contributed by atoms with Crippen molar-refractivity contribution in [3.8, 4) is 22.5 Å². The first-order chi connectivity index (χ1) is 15.3. The number of nitrogens with zero attached hydrogens (tertiary/aromatic N) is 7. The van der Waals surface area contributed by atoms with E-state index in [1.807, 2.05) is 18.2 Å². The second kappa shape index (κ2) is 8.43. The number of hydrogen-bond acceptors (Lipinski definition) is 6. The topological polar surface area (TPSA) is 98.1 Å². The lowest BCUT2D eigenvalue weighted by molar-refractivity contribution is 0.689. The number of hydrogen-bond donors (Lipinski definition) is 1. The van der Waals surface area contributed by atoms with Crippen LogP contribution in [0.2, 0.25) is 0 Å². The maximum absolute atomic E-state index is 4.79. The lowest BCUT2D eigenvalue weighted by atomic mass is 9.98. The Labute approximate surface area is 179 Å². The first-order valence-corrected chi connectivity index (χ1v) is 10.4. The molecular formula is C23H22N8. The van der Waals surface area contributed by atoms with Crippen LogP contribution in [-0.4, -0.2) is 40.4 Å². The molecule has 0 aliphatic carbocycles. The number of aryl methyl sites for hydroxylation is 1. The van der Waals surface area contributed by atoms with Crippen molar-refractivity contribution in [3.63, 3.8) is 0 Å². The predicted octanol–water partition coefficient (Wildman–Crippen LogP) is 4.06. The molecule has 0 unspecified atom stereocenters. The van der Waals surface area contributed by atoms with Gasteiger partial charge in [-0.15, -0.1) is 5.10 Å². The average Bonchev–Trinajstić information content (AvgIpc) is 3.47. The normalized spacial score (nSPS) is 11.3. The highest BCUT2D eigenvalue weighted by molar-refractivity contribution is 5.80. The zero-order valence-corrected chi connectivity index (χ0v) is 17.2. The molecule has 0 aliphatic rings. The van der Waals surface area contributed by atoms with Crippen molar-refractivity contribution >= 4 is 11.0 Å². The first-order valence-electron chi connectivity index (χ1n) is 10.4. The van der Waals surface area contributed by atoms with Gasteiger partial charge in [-0.1, -0.05) is 61.9 Å². The van der Waals surface area contributed by atoms with Crippen LogP contribution < -0.4 is 0 Å². The molecule has 5 rings (SSSR count). The molecular weight excluding hydrogens is 388 g/mol. The van der Waals surface area contributed by atoms with E-state index in [4.69, 9.17) is 4.98 Å². The quantitative estimate of drug-likeness (QED) is 0.434. The van der Waals surface area contributed by atoms with Gasteiger partial charge in [0.2, 0.25) is 0 Å². The van der Waals surface area contributed by atoms with Crippen LogP contribution in [0.4, 0.5) is 0 Å². The van der Waals surface area contributed by atoms with E-state index in [0.717, 1.165) is 59.4 Å². The molecule has 0 spiro atoms. The summed E-state index contributed by atoms with van der Waals surface area (Å²) in [5.74, 6) is 1.74. The standard InChI is InChI=1S/C23H22N8/c1-2-3-8-22-26-20-13-24-25-14-21(20)31(22)15-16-9-11-17(12-10-16)18-6-4-5-7-19(18)23-27-29-30-28-23/h4-7,9-14H,2-3,8,15H2,1H3,(H,27,28,29,30). The Bertz CT molecular complexity index is 1290. The lowest BCUT2D eigenvalue weighted by Gasteiger charge is -2.11. The molecule has 8 heteroatoms. The molecule has 3 aromatic heterocycles. The van der Waals surface area contributed by atoms with Gasteiger partial charge in [0.25, 0.3) is 0 Å². The van der Waals surface area contributed by atoms with Gasteiger partial charge in [0.15, 0.2) is 5.82 Å². The summed E-state index contributed by atoms with van der Waals surface area (Å²) in [6.07, 6.45) is 6.72. The zero-order valence-electron chi connectivity index (χ0n) is 17.2. The Morgan fingerprint density at radius 1 is 0.935 bits per heavy atom. The highest BCUT2D eigenvalue weighted by Crippen LogP contribution is 2.30. The molecule has 0 bridgehead atoms. The molecule has 0 saturated carbocycles. The van der Waals surface area contributed by atoms with Crippen molar-refractivity contribution < 1.29 is 0 Å². The zero-order chi connectivity index (χ0) is 21.0. The number of benzene rings is 2. The van der Waals surface area contributed by atoms with Crippen molar-refractivity contribution in [1.82, 2.24) is 40.4 Å². The second-order valence-corrected chi connectivity index (χ2v) is 7.47. The third-order valence-corrected chi connectivity index (χ3v) is 5.43. The van der Waals surface area contributed by atoms with Crippen molar-refractivity contribution in [2.45, 2.75) is 32.7 Å². The summed E-state index contributed by atoms with van der Waals surface area (Å²) in [5.41, 5.74) is 6.29. The van der Waals surface area contributed by atoms with Gasteiger partial charge in [0.05, 0.1) is 17.9 Å². The van der Waals surface area contributed by atoms with E-state index in [2.05, 4.69) is 72.6 Å². The minimum absolute atomic E-state index is 0.659. The van der Waals surface area contributed by atoms with Gasteiger partial charge in [-0.3, -0.25) is 0 Å². The monoisotopic (exact) mass is 410 g/mol. The van der Waals surface area contributed by atoms with Crippen LogP contribution in [0.1, 0.15) is 31.2 Å². The number of nitrogens with one attached hydrogen (secondary N) is 1. The molecule has 154 valence electrons. The molecule has 0 saturated heterocycles. The van der Waals surface area contributed by atoms with E-state index in [9.17, 15) is 0 Å². The van der Waals surface area contributed by atoms with E-state index in [0.29, 0.717) is 5.82 Å². The van der Waals surface area contributed by atoms with Gasteiger partial charge in [-0.25, -0.2) is 10.1 Å². The number of fused-ring (bicyclic) bond motifs is 1. The third kappa shape index (κ3) is 3.79. The molecule has 31 heavy (non-hydrogen) atoms. The fraction of sp³-hybridized carbons (Fsp3) is 0.217. The molecule has 2 aromatic carbocycles. The molecule has 0 atom stereocenters. The number of aromatic nitrogens is 8. The summed E-state index contributed by atoms with van der Waals surface area (Å²) in [5, 5.41) is 22.4. The van der Waals surface area contributed by atoms with Crippen LogP contribution in [0.5, 0.6) is 0 Å². The Morgan fingerprint density at radius 2 is 1.74 bits per heavy atom. The van der Waals surface area contributed by atoms with Crippen LogP contribution in [0.15, 0.2) is 60.9 Å². The average molecular weight is 410 g/mol. The predicted molar refractivity (Wildman–Crippen MR) is 118 cm³/mol. The summed E-state index contributed by atoms with van der Waals surface area (Å²) < 4.78 is 2.25. The Hall–Kier alpha value is -3.94. The van der Waals surface area contributed by atoms with Crippen molar-refractivity contribution in [3.05, 3.63) is 72.3 Å². The first kappa shape index (κ1) is 19.0. The van der Waals surface area contributed by atoms with E-state index < -0.39 is 0 Å². The summed E-state index contributed by atoms with van der Waals surface area (Å²) in [7, 11) is 0. The van der Waals surface area contributed by atoms with Crippen molar-refractivity contribution in [1.29, 1.82) is 0 Å². The highest BCUT2D eigenvalue weighted by atomic mass is 15.5. The third-order valence-electron chi connectivity index (χ3n) is 5.43. The summed E-state index contributed by atoms with van der Waals surface area (Å²) in [6.45, 7) is 2.94. The van der Waals surface area contributed by atoms with Crippen LogP contribution in [-0.2, 0) is 13.0 Å². The van der Waals surface area contributed by atoms with Gasteiger partial charge in [0.1, 0.15) is 11.3 Å². The number of imidazole rings is 1. The Morgan fingerprint density at radius 3 is 2.52 bits per heavy atom. The molecule has 3 heterocycles. The summed E-state index contributed by atoms with van der Waals surface area (Å²) in [4.78, 5) is 4.79. The van der Waals surface area contributed by atoms with Gasteiger partial charge < -0.3 is 4.57 Å². The SMILES string of the molecule is CCCCc1nc2cnncc2n1Cc1ccc(-c2ccccc2-c2nnn[nH]2)cc1. The molecule has 0 amide bonds. The van der Waals surface area contributed by atoms with Crippen LogP contribution >= 0.6 is 0 Å². The highest BCUT2D eigenvalue weighted by Gasteiger charge is 2.13. The number of H-pyrrole nitrogens is 1. The Kier molecular flexibility index (Phi) is 5.18. The van der Waals surface area contributed by atoms with Gasteiger partial charge in [0, 0.05) is 18.5 Å². The molecule has 8 nitrogen and oxygen atoms in total. The fourth-order valence-electron chi connectivity index (χ4n) is 3.83. The van der Waals surface area contributed by atoms with Gasteiger partial charge in [-0.05, 0) is 33.5 Å². The van der Waals surface area contributed by atoms with Gasteiger partial charge in [-0.2, -0.15) is 10.2 Å². The minimum atomic E-state index is 0.659. The van der Waals surface area contributed by atoms with Crippen LogP contribution in [0, 0.1) is 0 Å². The van der Waals surface area contributed by atoms with E-state index in [1.54, 1.807) is 12.4 Å². The Balaban J connectivity index is 1.46. The number of tetrazole rings is 1. The maximum Gasteiger partial charge on any atom is 0.180 e. The molecule has 1 N–H and O–H groups in total. The van der Waals surface area contributed by atoms with Crippen molar-refractivity contribution in [2.24, 2.45) is 0 Å². The number of unbranched alkanes of at least 4 members (excludes halogenated alkanes) is 1. The minimum Gasteiger partial charge on any atom is -0.322 e. The largest absolute Gasteiger partial charge is 0.322 e. The van der Waals surface area contributed by atoms with Crippen molar-refractivity contribution in [2.75, 3.05) is 0 Å². The van der Waals surface area contributed by atoms with Crippen LogP contribution in [0.3, 0.4) is 0 Å². The smallest absolute Gasteiger partial charge is 0.180 e. The van der Waals surface area contributed by atoms with E-state index in [-0.39, 0.29) is 0 Å². The van der Waals surface area contributed by atoms with Crippen LogP contribution in [0.25, 0.3) is 33.5 Å². The second-order valence-electron chi connectivity index (χ2n) is 7.47. The lowest BCUT2D eigenvalue weighted by Crippen LogP contribution is -2.05. The maximum atomic E-state index is 4.79. The summed E-state index contributed by atoms with van der Waals surface area (Å²) in [6, 6.07) is 16.7. The molecule has 5 aromatic rings. The van der Waals surface area contributed by atoms with Gasteiger partial charge >= 0.3 is 0 Å². The van der Waals surface area contributed by atoms with E-state index in [1.165, 1.54) is 5.56 Å². The number of aromatic amines is 1. The fourth-order valence-corrected chi connectivity index (χ4v) is 3.83.